The van der Waals surface area contributed by atoms with Crippen LogP contribution in [0.4, 0.5) is 0 Å². The van der Waals surface area contributed by atoms with Crippen molar-refractivity contribution in [2.24, 2.45) is 5.73 Å². The van der Waals surface area contributed by atoms with Gasteiger partial charge in [0.05, 0.1) is 12.7 Å². The molecular weight excluding hydrogens is 222 g/mol. The number of nitrogens with two attached hydrogens (primary N) is 1. The van der Waals surface area contributed by atoms with Crippen molar-refractivity contribution < 1.29 is 4.74 Å². The number of hydrogen-bond acceptors (Lipinski definition) is 2. The number of benzene rings is 2. The van der Waals surface area contributed by atoms with E-state index in [1.165, 1.54) is 11.1 Å². The summed E-state index contributed by atoms with van der Waals surface area (Å²) in [5.74, 6) is 0. The van der Waals surface area contributed by atoms with Crippen LogP contribution in [0.5, 0.6) is 0 Å². The zero-order chi connectivity index (χ0) is 12.6. The van der Waals surface area contributed by atoms with E-state index in [4.69, 9.17) is 10.5 Å². The molecule has 0 radical (unpaired) electrons. The molecule has 2 aromatic carbocycles. The molecule has 94 valence electrons. The van der Waals surface area contributed by atoms with Crippen LogP contribution in [0.1, 0.15) is 11.1 Å². The predicted octanol–water partition coefficient (Wildman–Crippen LogP) is 2.62. The van der Waals surface area contributed by atoms with E-state index in [-0.39, 0.29) is 0 Å². The average Bonchev–Trinajstić information content (AvgIpc) is 3.26. The van der Waals surface area contributed by atoms with Gasteiger partial charge in [-0.15, -0.1) is 0 Å². The standard InChI is InChI=1S/C13H12.C3H7NO/c1-3-7-12(8-4-1)11-13-9-5-2-6-10-13;4-1-3-2-5-3/h1-10H,11H2;3H,1-2,4H2. The largest absolute Gasteiger partial charge is 0.372 e. The molecule has 0 bridgehead atoms. The lowest BCUT2D eigenvalue weighted by atomic mass is 10.1. The van der Waals surface area contributed by atoms with E-state index < -0.39 is 0 Å². The second-order valence-electron chi connectivity index (χ2n) is 4.34. The minimum absolute atomic E-state index is 0.412. The van der Waals surface area contributed by atoms with Crippen molar-refractivity contribution in [2.45, 2.75) is 12.5 Å². The van der Waals surface area contributed by atoms with E-state index in [0.29, 0.717) is 12.6 Å². The van der Waals surface area contributed by atoms with Gasteiger partial charge in [0.25, 0.3) is 0 Å². The van der Waals surface area contributed by atoms with Crippen LogP contribution in [0.3, 0.4) is 0 Å². The van der Waals surface area contributed by atoms with Crippen molar-refractivity contribution in [1.82, 2.24) is 0 Å². The normalized spacial score (nSPS) is 16.6. The van der Waals surface area contributed by atoms with Crippen LogP contribution >= 0.6 is 0 Å². The molecule has 2 nitrogen and oxygen atoms in total. The topological polar surface area (TPSA) is 38.5 Å². The summed E-state index contributed by atoms with van der Waals surface area (Å²) in [6.45, 7) is 1.58. The minimum atomic E-state index is 0.412. The molecule has 0 aromatic heterocycles. The van der Waals surface area contributed by atoms with Crippen molar-refractivity contribution in [2.75, 3.05) is 13.2 Å². The van der Waals surface area contributed by atoms with Gasteiger partial charge in [0.1, 0.15) is 0 Å². The summed E-state index contributed by atoms with van der Waals surface area (Å²) in [7, 11) is 0. The molecule has 1 aliphatic heterocycles. The van der Waals surface area contributed by atoms with Crippen LogP contribution in [0, 0.1) is 0 Å². The molecule has 0 spiro atoms. The number of hydrogen-bond donors (Lipinski definition) is 1. The summed E-state index contributed by atoms with van der Waals surface area (Å²) >= 11 is 0. The summed E-state index contributed by atoms with van der Waals surface area (Å²) in [4.78, 5) is 0. The minimum Gasteiger partial charge on any atom is -0.372 e. The quantitative estimate of drug-likeness (QED) is 0.839. The molecule has 0 amide bonds. The molecular formula is C16H19NO. The number of rotatable bonds is 3. The van der Waals surface area contributed by atoms with Gasteiger partial charge in [-0.25, -0.2) is 0 Å². The van der Waals surface area contributed by atoms with E-state index in [1.54, 1.807) is 0 Å². The van der Waals surface area contributed by atoms with Gasteiger partial charge in [-0.05, 0) is 17.5 Å². The highest BCUT2D eigenvalue weighted by atomic mass is 16.6. The zero-order valence-electron chi connectivity index (χ0n) is 10.5. The molecule has 1 aliphatic rings. The Balaban J connectivity index is 0.000000202. The van der Waals surface area contributed by atoms with Crippen molar-refractivity contribution in [3.63, 3.8) is 0 Å². The molecule has 1 heterocycles. The molecule has 0 saturated carbocycles. The second-order valence-corrected chi connectivity index (χ2v) is 4.34. The molecule has 2 aromatic rings. The SMILES string of the molecule is NCC1CO1.c1ccc(Cc2ccccc2)cc1. The van der Waals surface area contributed by atoms with Crippen LogP contribution in [-0.2, 0) is 11.2 Å². The third-order valence-corrected chi connectivity index (χ3v) is 2.76. The lowest BCUT2D eigenvalue weighted by Gasteiger charge is -2.00. The molecule has 1 atom stereocenters. The first kappa shape index (κ1) is 12.8. The Morgan fingerprint density at radius 1 is 0.889 bits per heavy atom. The number of epoxide rings is 1. The van der Waals surface area contributed by atoms with Gasteiger partial charge in [-0.3, -0.25) is 0 Å². The van der Waals surface area contributed by atoms with Crippen molar-refractivity contribution in [1.29, 1.82) is 0 Å². The molecule has 2 N–H and O–H groups in total. The van der Waals surface area contributed by atoms with E-state index in [0.717, 1.165) is 13.0 Å². The Kier molecular flexibility index (Phi) is 4.94. The molecule has 3 rings (SSSR count). The fourth-order valence-corrected chi connectivity index (χ4v) is 1.63. The van der Waals surface area contributed by atoms with Gasteiger partial charge in [0, 0.05) is 6.54 Å². The average molecular weight is 241 g/mol. The molecule has 2 heteroatoms. The molecule has 0 aliphatic carbocycles. The van der Waals surface area contributed by atoms with Crippen LogP contribution in [0.25, 0.3) is 0 Å². The van der Waals surface area contributed by atoms with Crippen LogP contribution in [0.2, 0.25) is 0 Å². The van der Waals surface area contributed by atoms with Crippen molar-refractivity contribution in [3.05, 3.63) is 71.8 Å². The number of ether oxygens (including phenoxy) is 1. The lowest BCUT2D eigenvalue weighted by molar-refractivity contribution is 0.412. The summed E-state index contributed by atoms with van der Waals surface area (Å²) in [6.07, 6.45) is 1.44. The molecule has 1 saturated heterocycles. The Morgan fingerprint density at radius 2 is 1.33 bits per heavy atom. The summed E-state index contributed by atoms with van der Waals surface area (Å²) in [5.41, 5.74) is 7.85. The maximum absolute atomic E-state index is 5.11. The first-order valence-corrected chi connectivity index (χ1v) is 6.28. The monoisotopic (exact) mass is 241 g/mol. The van der Waals surface area contributed by atoms with Gasteiger partial charge in [0.2, 0.25) is 0 Å². The maximum Gasteiger partial charge on any atom is 0.0931 e. The maximum atomic E-state index is 5.11. The zero-order valence-corrected chi connectivity index (χ0v) is 10.5. The van der Waals surface area contributed by atoms with Crippen LogP contribution in [-0.4, -0.2) is 19.3 Å². The van der Waals surface area contributed by atoms with Gasteiger partial charge >= 0.3 is 0 Å². The third-order valence-electron chi connectivity index (χ3n) is 2.76. The highest BCUT2D eigenvalue weighted by Gasteiger charge is 2.18. The van der Waals surface area contributed by atoms with Crippen molar-refractivity contribution in [3.8, 4) is 0 Å². The van der Waals surface area contributed by atoms with E-state index in [1.807, 2.05) is 0 Å². The predicted molar refractivity (Wildman–Crippen MR) is 74.5 cm³/mol. The highest BCUT2D eigenvalue weighted by molar-refractivity contribution is 5.25. The lowest BCUT2D eigenvalue weighted by Crippen LogP contribution is -2.05. The Morgan fingerprint density at radius 3 is 1.61 bits per heavy atom. The molecule has 18 heavy (non-hydrogen) atoms. The van der Waals surface area contributed by atoms with Gasteiger partial charge in [0.15, 0.2) is 0 Å². The molecule has 1 fully saturated rings. The van der Waals surface area contributed by atoms with Gasteiger partial charge < -0.3 is 10.5 Å². The first-order chi connectivity index (χ1) is 8.88. The summed E-state index contributed by atoms with van der Waals surface area (Å²) in [5, 5.41) is 0. The molecule has 1 unspecified atom stereocenters. The Bertz CT molecular complexity index is 400. The van der Waals surface area contributed by atoms with Gasteiger partial charge in [-0.2, -0.15) is 0 Å². The Labute approximate surface area is 108 Å². The first-order valence-electron chi connectivity index (χ1n) is 6.28. The van der Waals surface area contributed by atoms with Crippen LogP contribution in [0.15, 0.2) is 60.7 Å². The van der Waals surface area contributed by atoms with Gasteiger partial charge in [-0.1, -0.05) is 60.7 Å². The highest BCUT2D eigenvalue weighted by Crippen LogP contribution is 2.07. The van der Waals surface area contributed by atoms with E-state index in [2.05, 4.69) is 60.7 Å². The smallest absolute Gasteiger partial charge is 0.0931 e. The van der Waals surface area contributed by atoms with Crippen LogP contribution < -0.4 is 5.73 Å². The van der Waals surface area contributed by atoms with E-state index >= 15 is 0 Å². The van der Waals surface area contributed by atoms with Crippen molar-refractivity contribution >= 4 is 0 Å². The fourth-order valence-electron chi connectivity index (χ4n) is 1.63. The third kappa shape index (κ3) is 4.70. The van der Waals surface area contributed by atoms with E-state index in [9.17, 15) is 0 Å². The second kappa shape index (κ2) is 6.94. The Hall–Kier alpha value is -1.64. The fraction of sp³-hybridized carbons (Fsp3) is 0.250. The summed E-state index contributed by atoms with van der Waals surface area (Å²) < 4.78 is 4.73. The summed E-state index contributed by atoms with van der Waals surface area (Å²) in [6, 6.07) is 21.1.